The second-order valence-electron chi connectivity index (χ2n) is 3.58. The van der Waals surface area contributed by atoms with E-state index >= 15 is 0 Å². The summed E-state index contributed by atoms with van der Waals surface area (Å²) < 4.78 is 23.7. The fourth-order valence-corrected chi connectivity index (χ4v) is 2.85. The number of halogens is 1. The van der Waals surface area contributed by atoms with E-state index in [1.165, 1.54) is 0 Å². The van der Waals surface area contributed by atoms with Crippen LogP contribution in [0.25, 0.3) is 0 Å². The predicted molar refractivity (Wildman–Crippen MR) is 66.7 cm³/mol. The van der Waals surface area contributed by atoms with Gasteiger partial charge in [-0.15, -0.1) is 0 Å². The van der Waals surface area contributed by atoms with Gasteiger partial charge in [0.2, 0.25) is 0 Å². The smallest absolute Gasteiger partial charge is 0.178 e. The number of unbranched alkanes of at least 4 members (excludes halogenated alkanes) is 1. The molecular formula is C11H16ClNO2S. The quantitative estimate of drug-likeness (QED) is 0.798. The molecule has 1 aromatic rings. The van der Waals surface area contributed by atoms with Gasteiger partial charge >= 0.3 is 0 Å². The Labute approximate surface area is 102 Å². The molecule has 90 valence electrons. The zero-order valence-electron chi connectivity index (χ0n) is 9.24. The van der Waals surface area contributed by atoms with Crippen LogP contribution in [0.5, 0.6) is 0 Å². The third kappa shape index (κ3) is 4.12. The lowest BCUT2D eigenvalue weighted by atomic mass is 10.3. The molecule has 0 saturated heterocycles. The molecule has 0 spiro atoms. The van der Waals surface area contributed by atoms with E-state index in [0.29, 0.717) is 16.3 Å². The first kappa shape index (κ1) is 13.5. The molecule has 0 radical (unpaired) electrons. The van der Waals surface area contributed by atoms with Crippen molar-refractivity contribution in [3.05, 3.63) is 29.3 Å². The number of nitrogens with one attached hydrogen (secondary N) is 1. The van der Waals surface area contributed by atoms with Crippen molar-refractivity contribution in [3.63, 3.8) is 0 Å². The van der Waals surface area contributed by atoms with E-state index in [1.54, 1.807) is 24.3 Å². The number of rotatable bonds is 6. The van der Waals surface area contributed by atoms with Crippen LogP contribution in [0, 0.1) is 0 Å². The van der Waals surface area contributed by atoms with Gasteiger partial charge in [0.1, 0.15) is 0 Å². The van der Waals surface area contributed by atoms with Gasteiger partial charge in [0.25, 0.3) is 0 Å². The highest BCUT2D eigenvalue weighted by Gasteiger charge is 2.13. The van der Waals surface area contributed by atoms with Crippen LogP contribution in [0.4, 0.5) is 0 Å². The van der Waals surface area contributed by atoms with Gasteiger partial charge < -0.3 is 5.32 Å². The van der Waals surface area contributed by atoms with Crippen molar-refractivity contribution in [1.82, 2.24) is 5.32 Å². The second-order valence-corrected chi connectivity index (χ2v) is 6.13. The van der Waals surface area contributed by atoms with Crippen LogP contribution in [-0.2, 0) is 9.84 Å². The molecule has 1 aromatic carbocycles. The summed E-state index contributed by atoms with van der Waals surface area (Å²) in [5, 5.41) is 3.54. The molecule has 0 bridgehead atoms. The van der Waals surface area contributed by atoms with Gasteiger partial charge in [-0.1, -0.05) is 11.6 Å². The van der Waals surface area contributed by atoms with E-state index in [1.807, 2.05) is 7.05 Å². The molecule has 0 unspecified atom stereocenters. The van der Waals surface area contributed by atoms with Crippen molar-refractivity contribution in [1.29, 1.82) is 0 Å². The third-order valence-electron chi connectivity index (χ3n) is 2.26. The Morgan fingerprint density at radius 1 is 1.19 bits per heavy atom. The van der Waals surface area contributed by atoms with Crippen molar-refractivity contribution < 1.29 is 8.42 Å². The molecule has 0 heterocycles. The highest BCUT2D eigenvalue weighted by Crippen LogP contribution is 2.16. The fourth-order valence-electron chi connectivity index (χ4n) is 1.35. The molecule has 0 aliphatic heterocycles. The molecule has 5 heteroatoms. The first-order chi connectivity index (χ1) is 7.56. The normalized spacial score (nSPS) is 11.6. The molecule has 1 rings (SSSR count). The molecule has 0 aromatic heterocycles. The summed E-state index contributed by atoms with van der Waals surface area (Å²) in [6.45, 7) is 0.843. The maximum atomic E-state index is 11.8. The molecule has 1 N–H and O–H groups in total. The van der Waals surface area contributed by atoms with Crippen LogP contribution in [0.2, 0.25) is 5.02 Å². The van der Waals surface area contributed by atoms with Gasteiger partial charge in [0, 0.05) is 5.02 Å². The topological polar surface area (TPSA) is 46.2 Å². The van der Waals surface area contributed by atoms with Crippen molar-refractivity contribution in [3.8, 4) is 0 Å². The van der Waals surface area contributed by atoms with E-state index in [2.05, 4.69) is 5.32 Å². The van der Waals surface area contributed by atoms with Crippen molar-refractivity contribution in [2.75, 3.05) is 19.3 Å². The summed E-state index contributed by atoms with van der Waals surface area (Å²) in [5.74, 6) is 0.191. The number of benzene rings is 1. The largest absolute Gasteiger partial charge is 0.320 e. The minimum absolute atomic E-state index is 0.191. The molecule has 0 aliphatic carbocycles. The maximum Gasteiger partial charge on any atom is 0.178 e. The first-order valence-electron chi connectivity index (χ1n) is 5.19. The van der Waals surface area contributed by atoms with Crippen molar-refractivity contribution in [2.24, 2.45) is 0 Å². The minimum atomic E-state index is -3.14. The van der Waals surface area contributed by atoms with Gasteiger partial charge in [-0.3, -0.25) is 0 Å². The van der Waals surface area contributed by atoms with E-state index < -0.39 is 9.84 Å². The van der Waals surface area contributed by atoms with Crippen molar-refractivity contribution in [2.45, 2.75) is 17.7 Å². The number of sulfone groups is 1. The Bertz CT molecular complexity index is 414. The summed E-state index contributed by atoms with van der Waals surface area (Å²) in [4.78, 5) is 0.348. The zero-order valence-corrected chi connectivity index (χ0v) is 10.8. The average molecular weight is 262 g/mol. The summed E-state index contributed by atoms with van der Waals surface area (Å²) in [6, 6.07) is 6.30. The van der Waals surface area contributed by atoms with Gasteiger partial charge in [-0.25, -0.2) is 8.42 Å². The lowest BCUT2D eigenvalue weighted by molar-refractivity contribution is 0.590. The van der Waals surface area contributed by atoms with Crippen LogP contribution >= 0.6 is 11.6 Å². The summed E-state index contributed by atoms with van der Waals surface area (Å²) in [5.41, 5.74) is 0. The Morgan fingerprint density at radius 2 is 1.81 bits per heavy atom. The SMILES string of the molecule is CNCCCCS(=O)(=O)c1ccc(Cl)cc1. The maximum absolute atomic E-state index is 11.8. The highest BCUT2D eigenvalue weighted by molar-refractivity contribution is 7.91. The molecule has 0 atom stereocenters. The van der Waals surface area contributed by atoms with Gasteiger partial charge in [0.05, 0.1) is 10.6 Å². The molecule has 3 nitrogen and oxygen atoms in total. The summed E-state index contributed by atoms with van der Waals surface area (Å²) in [6.07, 6.45) is 1.54. The van der Waals surface area contributed by atoms with E-state index in [0.717, 1.165) is 13.0 Å². The monoisotopic (exact) mass is 261 g/mol. The van der Waals surface area contributed by atoms with Gasteiger partial charge in [-0.2, -0.15) is 0 Å². The molecular weight excluding hydrogens is 246 g/mol. The molecule has 0 amide bonds. The second kappa shape index (κ2) is 6.23. The van der Waals surface area contributed by atoms with Crippen LogP contribution in [0.3, 0.4) is 0 Å². The van der Waals surface area contributed by atoms with Crippen molar-refractivity contribution >= 4 is 21.4 Å². The summed E-state index contributed by atoms with van der Waals surface area (Å²) in [7, 11) is -1.29. The van der Waals surface area contributed by atoms with E-state index in [9.17, 15) is 8.42 Å². The van der Waals surface area contributed by atoms with Crippen LogP contribution in [0.1, 0.15) is 12.8 Å². The zero-order chi connectivity index (χ0) is 12.0. The van der Waals surface area contributed by atoms with Crippen LogP contribution < -0.4 is 5.32 Å². The first-order valence-corrected chi connectivity index (χ1v) is 7.22. The fraction of sp³-hybridized carbons (Fsp3) is 0.455. The Hall–Kier alpha value is -0.580. The van der Waals surface area contributed by atoms with E-state index in [-0.39, 0.29) is 5.75 Å². The highest BCUT2D eigenvalue weighted by atomic mass is 35.5. The lowest BCUT2D eigenvalue weighted by Crippen LogP contribution is -2.11. The van der Waals surface area contributed by atoms with Gasteiger partial charge in [0.15, 0.2) is 9.84 Å². The van der Waals surface area contributed by atoms with Crippen LogP contribution in [0.15, 0.2) is 29.2 Å². The Kier molecular flexibility index (Phi) is 5.25. The molecule has 0 saturated carbocycles. The molecule has 16 heavy (non-hydrogen) atoms. The number of hydrogen-bond acceptors (Lipinski definition) is 3. The average Bonchev–Trinajstić information content (AvgIpc) is 2.25. The van der Waals surface area contributed by atoms with E-state index in [4.69, 9.17) is 11.6 Å². The molecule has 0 aliphatic rings. The lowest BCUT2D eigenvalue weighted by Gasteiger charge is -2.04. The third-order valence-corrected chi connectivity index (χ3v) is 4.33. The molecule has 0 fully saturated rings. The standard InChI is InChI=1S/C11H16ClNO2S/c1-13-8-2-3-9-16(14,15)11-6-4-10(12)5-7-11/h4-7,13H,2-3,8-9H2,1H3. The Balaban J connectivity index is 2.60. The van der Waals surface area contributed by atoms with Gasteiger partial charge in [-0.05, 0) is 50.7 Å². The predicted octanol–water partition coefficient (Wildman–Crippen LogP) is 2.11. The summed E-state index contributed by atoms with van der Waals surface area (Å²) >= 11 is 5.70. The number of hydrogen-bond donors (Lipinski definition) is 1. The Morgan fingerprint density at radius 3 is 2.38 bits per heavy atom. The van der Waals surface area contributed by atoms with Crippen LogP contribution in [-0.4, -0.2) is 27.8 Å². The minimum Gasteiger partial charge on any atom is -0.320 e.